The molecule has 0 saturated carbocycles. The Kier molecular flexibility index (Phi) is 8.71. The fourth-order valence-electron chi connectivity index (χ4n) is 5.87. The van der Waals surface area contributed by atoms with Gasteiger partial charge in [0.25, 0.3) is 11.5 Å². The highest BCUT2D eigenvalue weighted by atomic mass is 32.1. The number of halogens is 3. The Labute approximate surface area is 284 Å². The van der Waals surface area contributed by atoms with E-state index >= 15 is 0 Å². The van der Waals surface area contributed by atoms with Crippen LogP contribution in [0.1, 0.15) is 61.3 Å². The summed E-state index contributed by atoms with van der Waals surface area (Å²) in [6.07, 6.45) is -1.29. The number of piperazine rings is 1. The number of allylic oxidation sites excluding steroid dienone is 1. The first-order chi connectivity index (χ1) is 24.1. The quantitative estimate of drug-likeness (QED) is 0.292. The number of nitrogens with one attached hydrogen (secondary N) is 1. The first-order valence-electron chi connectivity index (χ1n) is 16.4. The van der Waals surface area contributed by atoms with Crippen LogP contribution in [0.25, 0.3) is 11.4 Å². The molecule has 260 valence electrons. The van der Waals surface area contributed by atoms with Gasteiger partial charge in [0.2, 0.25) is 11.7 Å². The van der Waals surface area contributed by atoms with E-state index in [1.165, 1.54) is 22.7 Å². The highest BCUT2D eigenvalue weighted by Crippen LogP contribution is 2.39. The van der Waals surface area contributed by atoms with Gasteiger partial charge in [-0.2, -0.15) is 22.7 Å². The number of alkyl halides is 3. The molecule has 6 heterocycles. The van der Waals surface area contributed by atoms with Crippen LogP contribution in [0, 0.1) is 13.8 Å². The van der Waals surface area contributed by atoms with Crippen LogP contribution in [0.2, 0.25) is 0 Å². The predicted octanol–water partition coefficient (Wildman–Crippen LogP) is 3.44. The van der Waals surface area contributed by atoms with Gasteiger partial charge in [0, 0.05) is 38.1 Å². The largest absolute Gasteiger partial charge is 0.504 e. The number of aromatic nitrogens is 6. The number of ether oxygens (including phenoxy) is 1. The minimum absolute atomic E-state index is 0.0158. The van der Waals surface area contributed by atoms with Gasteiger partial charge in [-0.25, -0.2) is 9.97 Å². The van der Waals surface area contributed by atoms with Crippen molar-refractivity contribution >= 4 is 45.2 Å². The molecule has 18 heteroatoms. The van der Waals surface area contributed by atoms with Crippen LogP contribution in [0.3, 0.4) is 0 Å². The third-order valence-corrected chi connectivity index (χ3v) is 9.45. The minimum atomic E-state index is -4.59. The molecule has 2 amide bonds. The summed E-state index contributed by atoms with van der Waals surface area (Å²) in [5, 5.41) is 18.4. The molecule has 0 atom stereocenters. The van der Waals surface area contributed by atoms with Crippen LogP contribution in [-0.4, -0.2) is 90.3 Å². The van der Waals surface area contributed by atoms with E-state index in [4.69, 9.17) is 7.48 Å². The molecule has 0 bridgehead atoms. The van der Waals surface area contributed by atoms with E-state index in [2.05, 4.69) is 25.4 Å². The molecule has 0 spiro atoms. The summed E-state index contributed by atoms with van der Waals surface area (Å²) in [5.74, 6) is -1.31. The highest BCUT2D eigenvalue weighted by Gasteiger charge is 2.35. The summed E-state index contributed by atoms with van der Waals surface area (Å²) < 4.78 is 64.1. The van der Waals surface area contributed by atoms with Gasteiger partial charge in [0.15, 0.2) is 17.3 Å². The molecule has 2 aliphatic rings. The summed E-state index contributed by atoms with van der Waals surface area (Å²) in [6, 6.07) is 0. The van der Waals surface area contributed by atoms with Crippen molar-refractivity contribution in [1.82, 2.24) is 34.0 Å². The SMILES string of the molecule is [2H]C1([2H])CCC(c2nc3n(CC(=O)Nc4scc(C(F)(F)F)c4C)c(CC)c(N4CCN(C(=O)c5ncnc(C)c5O)CC4)c(=O)n3n2)=CCO1. The third-order valence-electron chi connectivity index (χ3n) is 8.45. The maximum atomic E-state index is 14.2. The zero-order valence-electron chi connectivity index (χ0n) is 28.8. The number of fused-ring (bicyclic) bond motifs is 1. The number of rotatable bonds is 7. The average molecular weight is 704 g/mol. The van der Waals surface area contributed by atoms with E-state index < -0.39 is 42.2 Å². The molecular formula is C31H34F3N9O5S. The van der Waals surface area contributed by atoms with Crippen LogP contribution in [-0.2, 0) is 28.7 Å². The topological polar surface area (TPSA) is 160 Å². The first kappa shape index (κ1) is 31.4. The van der Waals surface area contributed by atoms with Crippen LogP contribution >= 0.6 is 11.3 Å². The van der Waals surface area contributed by atoms with Crippen molar-refractivity contribution < 1.29 is 35.3 Å². The molecule has 14 nitrogen and oxygen atoms in total. The minimum Gasteiger partial charge on any atom is -0.504 e. The summed E-state index contributed by atoms with van der Waals surface area (Å²) in [6.45, 7) is 2.99. The molecule has 1 fully saturated rings. The van der Waals surface area contributed by atoms with E-state index in [0.29, 0.717) is 11.3 Å². The molecule has 2 aliphatic heterocycles. The number of nitrogens with zero attached hydrogens (tertiary/aromatic N) is 8. The van der Waals surface area contributed by atoms with Crippen molar-refractivity contribution in [3.8, 4) is 5.75 Å². The van der Waals surface area contributed by atoms with Crippen molar-refractivity contribution in [3.63, 3.8) is 0 Å². The van der Waals surface area contributed by atoms with Crippen molar-refractivity contribution in [2.75, 3.05) is 49.6 Å². The van der Waals surface area contributed by atoms with Gasteiger partial charge >= 0.3 is 6.18 Å². The maximum Gasteiger partial charge on any atom is 0.417 e. The number of thiophene rings is 1. The molecule has 4 aromatic rings. The lowest BCUT2D eigenvalue weighted by molar-refractivity contribution is -0.137. The molecule has 49 heavy (non-hydrogen) atoms. The molecular weight excluding hydrogens is 667 g/mol. The fraction of sp³-hybridized carbons (Fsp3) is 0.452. The summed E-state index contributed by atoms with van der Waals surface area (Å²) >= 11 is 0.753. The summed E-state index contributed by atoms with van der Waals surface area (Å²) in [7, 11) is 0. The zero-order valence-corrected chi connectivity index (χ0v) is 27.6. The van der Waals surface area contributed by atoms with E-state index in [1.54, 1.807) is 24.8 Å². The van der Waals surface area contributed by atoms with E-state index in [9.17, 15) is 32.7 Å². The van der Waals surface area contributed by atoms with E-state index in [0.717, 1.165) is 21.2 Å². The van der Waals surface area contributed by atoms with Crippen molar-refractivity contribution in [2.45, 2.75) is 52.8 Å². The average Bonchev–Trinajstić information content (AvgIpc) is 3.63. The van der Waals surface area contributed by atoms with Crippen LogP contribution in [0.5, 0.6) is 5.75 Å². The molecule has 6 rings (SSSR count). The lowest BCUT2D eigenvalue weighted by Crippen LogP contribution is -2.51. The maximum absolute atomic E-state index is 14.2. The van der Waals surface area contributed by atoms with Crippen molar-refractivity contribution in [3.05, 3.63) is 62.2 Å². The number of aryl methyl sites for hydroxylation is 1. The third kappa shape index (κ3) is 6.61. The number of hydrogen-bond acceptors (Lipinski definition) is 11. The van der Waals surface area contributed by atoms with E-state index in [-0.39, 0.29) is 97.0 Å². The second-order valence-electron chi connectivity index (χ2n) is 11.5. The number of hydrogen-bond donors (Lipinski definition) is 2. The number of carbonyl (C=O) groups is 2. The van der Waals surface area contributed by atoms with Gasteiger partial charge in [0.1, 0.15) is 18.6 Å². The Morgan fingerprint density at radius 1 is 1.18 bits per heavy atom. The molecule has 0 aromatic carbocycles. The van der Waals surface area contributed by atoms with Gasteiger partial charge in [0.05, 0.1) is 31.3 Å². The van der Waals surface area contributed by atoms with Crippen LogP contribution in [0.15, 0.2) is 22.6 Å². The Balaban J connectivity index is 1.37. The number of aromatic hydroxyl groups is 1. The molecule has 0 unspecified atom stereocenters. The molecule has 0 radical (unpaired) electrons. The lowest BCUT2D eigenvalue weighted by atomic mass is 10.1. The van der Waals surface area contributed by atoms with Crippen LogP contribution in [0.4, 0.5) is 23.9 Å². The number of amides is 2. The van der Waals surface area contributed by atoms with Gasteiger partial charge in [-0.3, -0.25) is 14.4 Å². The van der Waals surface area contributed by atoms with Gasteiger partial charge < -0.3 is 29.5 Å². The Morgan fingerprint density at radius 2 is 1.94 bits per heavy atom. The predicted molar refractivity (Wildman–Crippen MR) is 174 cm³/mol. The normalized spacial score (nSPS) is 17.4. The smallest absolute Gasteiger partial charge is 0.417 e. The lowest BCUT2D eigenvalue weighted by Gasteiger charge is -2.36. The van der Waals surface area contributed by atoms with Gasteiger partial charge in [-0.1, -0.05) is 13.0 Å². The molecule has 2 N–H and O–H groups in total. The number of anilines is 2. The zero-order chi connectivity index (χ0) is 36.8. The Morgan fingerprint density at radius 3 is 2.63 bits per heavy atom. The number of carbonyl (C=O) groups excluding carboxylic acids is 2. The fourth-order valence-corrected chi connectivity index (χ4v) is 6.87. The Hall–Kier alpha value is -4.84. The van der Waals surface area contributed by atoms with Gasteiger partial charge in [-0.15, -0.1) is 16.4 Å². The summed E-state index contributed by atoms with van der Waals surface area (Å²) in [5.41, 5.74) is -0.213. The summed E-state index contributed by atoms with van der Waals surface area (Å²) in [4.78, 5) is 56.7. The molecule has 1 saturated heterocycles. The van der Waals surface area contributed by atoms with Crippen molar-refractivity contribution in [1.29, 1.82) is 0 Å². The van der Waals surface area contributed by atoms with Crippen LogP contribution < -0.4 is 15.8 Å². The van der Waals surface area contributed by atoms with E-state index in [1.807, 2.05) is 0 Å². The monoisotopic (exact) mass is 703 g/mol. The highest BCUT2D eigenvalue weighted by molar-refractivity contribution is 7.14. The molecule has 4 aromatic heterocycles. The second-order valence-corrected chi connectivity index (χ2v) is 12.3. The first-order valence-corrected chi connectivity index (χ1v) is 16.3. The van der Waals surface area contributed by atoms with Gasteiger partial charge in [-0.05, 0) is 44.2 Å². The Bertz CT molecular complexity index is 2110. The molecule has 0 aliphatic carbocycles. The van der Waals surface area contributed by atoms with Crippen molar-refractivity contribution in [2.24, 2.45) is 0 Å². The standard InChI is InChI=1S/C31H34F3N9O5S/c1-4-21-24(40-8-10-41(11-9-40)28(46)23-25(45)18(3)35-16-36-23)29(47)43-30(38-26(39-43)19-6-5-12-48-13-7-19)42(21)14-22(44)37-27-17(2)20(15-49-27)31(32,33)34/h7,15-16,45H,4-6,8-14H2,1-3H3,(H,37,44)/i12D2. The second kappa shape index (κ2) is 13.6.